The molecule has 3 rings (SSSR count). The molecule has 1 aromatic heterocycles. The Morgan fingerprint density at radius 3 is 2.55 bits per heavy atom. The maximum atomic E-state index is 13.0. The van der Waals surface area contributed by atoms with Crippen molar-refractivity contribution in [1.82, 2.24) is 19.3 Å². The van der Waals surface area contributed by atoms with Crippen LogP contribution in [0.25, 0.3) is 0 Å². The summed E-state index contributed by atoms with van der Waals surface area (Å²) in [6.45, 7) is 0.437. The van der Waals surface area contributed by atoms with Crippen LogP contribution in [-0.4, -0.2) is 46.8 Å². The fraction of sp³-hybridized carbons (Fsp3) is 0.385. The number of aryl methyl sites for hydroxylation is 1. The summed E-state index contributed by atoms with van der Waals surface area (Å²) in [6, 6.07) is 5.62. The normalized spacial score (nSPS) is 23.0. The van der Waals surface area contributed by atoms with Crippen molar-refractivity contribution >= 4 is 10.0 Å². The fourth-order valence-electron chi connectivity index (χ4n) is 2.63. The van der Waals surface area contributed by atoms with Crippen LogP contribution in [-0.2, 0) is 17.1 Å². The Balaban J connectivity index is 1.85. The van der Waals surface area contributed by atoms with E-state index < -0.39 is 10.0 Å². The summed E-state index contributed by atoms with van der Waals surface area (Å²) in [6.07, 6.45) is 1.35. The topological polar surface area (TPSA) is 94.1 Å². The highest BCUT2D eigenvalue weighted by Crippen LogP contribution is 2.30. The Labute approximate surface area is 127 Å². The van der Waals surface area contributed by atoms with Crippen molar-refractivity contribution in [2.45, 2.75) is 17.0 Å². The van der Waals surface area contributed by atoms with Crippen molar-refractivity contribution in [1.29, 1.82) is 0 Å². The van der Waals surface area contributed by atoms with Crippen LogP contribution in [0.5, 0.6) is 0 Å². The monoisotopic (exact) mass is 325 g/mol. The molecule has 1 fully saturated rings. The van der Waals surface area contributed by atoms with E-state index in [-0.39, 0.29) is 35.9 Å². The SMILES string of the molecule is Cn1cc(S(=O)(=O)N2C[C@H](c3ccc(F)cc3)[C@@H](N)C2)nn1. The summed E-state index contributed by atoms with van der Waals surface area (Å²) in [7, 11) is -2.11. The molecule has 1 aliphatic heterocycles. The number of benzene rings is 1. The van der Waals surface area contributed by atoms with Gasteiger partial charge in [0.1, 0.15) is 5.82 Å². The molecule has 0 spiro atoms. The first-order valence-electron chi connectivity index (χ1n) is 6.75. The van der Waals surface area contributed by atoms with E-state index in [2.05, 4.69) is 10.3 Å². The van der Waals surface area contributed by atoms with Crippen molar-refractivity contribution in [3.63, 3.8) is 0 Å². The van der Waals surface area contributed by atoms with Crippen molar-refractivity contribution in [3.05, 3.63) is 41.8 Å². The van der Waals surface area contributed by atoms with Gasteiger partial charge in [-0.3, -0.25) is 4.68 Å². The molecular formula is C13H16FN5O2S. The first kappa shape index (κ1) is 15.1. The van der Waals surface area contributed by atoms with Gasteiger partial charge in [0.25, 0.3) is 10.0 Å². The van der Waals surface area contributed by atoms with E-state index in [4.69, 9.17) is 5.73 Å². The molecule has 1 aliphatic rings. The standard InChI is InChI=1S/C13H16FN5O2S/c1-18-8-13(16-17-18)22(20,21)19-6-11(12(15)7-19)9-2-4-10(14)5-3-9/h2-5,8,11-12H,6-7,15H2,1H3/t11-,12+/m1/s1. The Kier molecular flexibility index (Phi) is 3.71. The molecule has 0 unspecified atom stereocenters. The van der Waals surface area contributed by atoms with Gasteiger partial charge in [-0.1, -0.05) is 17.3 Å². The van der Waals surface area contributed by atoms with Crippen LogP contribution in [0.2, 0.25) is 0 Å². The lowest BCUT2D eigenvalue weighted by Gasteiger charge is -2.15. The summed E-state index contributed by atoms with van der Waals surface area (Å²) in [4.78, 5) is 0. The van der Waals surface area contributed by atoms with Gasteiger partial charge >= 0.3 is 0 Å². The van der Waals surface area contributed by atoms with Crippen LogP contribution in [0.1, 0.15) is 11.5 Å². The van der Waals surface area contributed by atoms with Crippen LogP contribution in [0.4, 0.5) is 4.39 Å². The third-order valence-corrected chi connectivity index (χ3v) is 5.51. The minimum atomic E-state index is -3.72. The van der Waals surface area contributed by atoms with Gasteiger partial charge in [0.2, 0.25) is 5.03 Å². The van der Waals surface area contributed by atoms with E-state index in [1.54, 1.807) is 19.2 Å². The minimum Gasteiger partial charge on any atom is -0.326 e. The number of hydrogen-bond donors (Lipinski definition) is 1. The maximum Gasteiger partial charge on any atom is 0.264 e. The van der Waals surface area contributed by atoms with Crippen LogP contribution in [0, 0.1) is 5.82 Å². The molecule has 1 aromatic carbocycles. The molecule has 0 bridgehead atoms. The molecule has 7 nitrogen and oxygen atoms in total. The molecule has 2 atom stereocenters. The zero-order valence-electron chi connectivity index (χ0n) is 11.9. The molecule has 118 valence electrons. The number of aromatic nitrogens is 3. The van der Waals surface area contributed by atoms with Gasteiger partial charge in [0.15, 0.2) is 0 Å². The third-order valence-electron chi connectivity index (χ3n) is 3.82. The second kappa shape index (κ2) is 5.41. The predicted octanol–water partition coefficient (Wildman–Crippen LogP) is 0.0696. The van der Waals surface area contributed by atoms with E-state index in [9.17, 15) is 12.8 Å². The number of nitrogens with zero attached hydrogens (tertiary/aromatic N) is 4. The van der Waals surface area contributed by atoms with E-state index in [0.717, 1.165) is 5.56 Å². The van der Waals surface area contributed by atoms with Gasteiger partial charge in [-0.2, -0.15) is 4.31 Å². The van der Waals surface area contributed by atoms with Gasteiger partial charge in [0, 0.05) is 32.1 Å². The van der Waals surface area contributed by atoms with Crippen LogP contribution in [0.15, 0.2) is 35.5 Å². The summed E-state index contributed by atoms with van der Waals surface area (Å²) in [5, 5.41) is 7.21. The van der Waals surface area contributed by atoms with E-state index >= 15 is 0 Å². The molecule has 2 heterocycles. The fourth-order valence-corrected chi connectivity index (χ4v) is 4.04. The average molecular weight is 325 g/mol. The van der Waals surface area contributed by atoms with E-state index in [1.165, 1.54) is 27.3 Å². The number of nitrogens with two attached hydrogens (primary N) is 1. The highest BCUT2D eigenvalue weighted by atomic mass is 32.2. The zero-order chi connectivity index (χ0) is 15.9. The van der Waals surface area contributed by atoms with Gasteiger partial charge < -0.3 is 5.73 Å². The van der Waals surface area contributed by atoms with Crippen molar-refractivity contribution in [3.8, 4) is 0 Å². The Morgan fingerprint density at radius 1 is 1.27 bits per heavy atom. The molecule has 2 aromatic rings. The summed E-state index contributed by atoms with van der Waals surface area (Å²) < 4.78 is 40.7. The van der Waals surface area contributed by atoms with E-state index in [1.807, 2.05) is 0 Å². The molecule has 0 saturated carbocycles. The van der Waals surface area contributed by atoms with Gasteiger partial charge in [-0.15, -0.1) is 5.10 Å². The molecule has 0 amide bonds. The number of rotatable bonds is 3. The molecule has 1 saturated heterocycles. The lowest BCUT2D eigenvalue weighted by atomic mass is 9.95. The quantitative estimate of drug-likeness (QED) is 0.862. The smallest absolute Gasteiger partial charge is 0.264 e. The van der Waals surface area contributed by atoms with Gasteiger partial charge in [-0.05, 0) is 17.7 Å². The molecule has 0 radical (unpaired) electrons. The Bertz CT molecular complexity index is 774. The summed E-state index contributed by atoms with van der Waals surface area (Å²) in [5.74, 6) is -0.508. The first-order chi connectivity index (χ1) is 10.4. The average Bonchev–Trinajstić information content (AvgIpc) is 3.07. The summed E-state index contributed by atoms with van der Waals surface area (Å²) in [5.41, 5.74) is 6.90. The van der Waals surface area contributed by atoms with Crippen LogP contribution >= 0.6 is 0 Å². The van der Waals surface area contributed by atoms with Gasteiger partial charge in [0.05, 0.1) is 6.20 Å². The maximum absolute atomic E-state index is 13.0. The van der Waals surface area contributed by atoms with Crippen molar-refractivity contribution < 1.29 is 12.8 Å². The Morgan fingerprint density at radius 2 is 1.95 bits per heavy atom. The summed E-state index contributed by atoms with van der Waals surface area (Å²) >= 11 is 0. The third kappa shape index (κ3) is 2.62. The van der Waals surface area contributed by atoms with Gasteiger partial charge in [-0.25, -0.2) is 12.8 Å². The first-order valence-corrected chi connectivity index (χ1v) is 8.19. The highest BCUT2D eigenvalue weighted by molar-refractivity contribution is 7.89. The lowest BCUT2D eigenvalue weighted by molar-refractivity contribution is 0.467. The number of hydrogen-bond acceptors (Lipinski definition) is 5. The second-order valence-electron chi connectivity index (χ2n) is 5.37. The largest absolute Gasteiger partial charge is 0.326 e. The van der Waals surface area contributed by atoms with E-state index in [0.29, 0.717) is 0 Å². The molecule has 2 N–H and O–H groups in total. The molecule has 0 aliphatic carbocycles. The van der Waals surface area contributed by atoms with Crippen LogP contribution < -0.4 is 5.73 Å². The highest BCUT2D eigenvalue weighted by Gasteiger charge is 2.39. The predicted molar refractivity (Wildman–Crippen MR) is 76.9 cm³/mol. The minimum absolute atomic E-state index is 0.0954. The molecular weight excluding hydrogens is 309 g/mol. The van der Waals surface area contributed by atoms with Crippen LogP contribution in [0.3, 0.4) is 0 Å². The zero-order valence-corrected chi connectivity index (χ0v) is 12.7. The molecule has 9 heteroatoms. The Hall–Kier alpha value is -1.84. The molecule has 22 heavy (non-hydrogen) atoms. The van der Waals surface area contributed by atoms with Crippen molar-refractivity contribution in [2.75, 3.05) is 13.1 Å². The number of halogens is 1. The number of sulfonamides is 1. The lowest BCUT2D eigenvalue weighted by Crippen LogP contribution is -2.32. The second-order valence-corrected chi connectivity index (χ2v) is 7.26. The van der Waals surface area contributed by atoms with Crippen molar-refractivity contribution in [2.24, 2.45) is 12.8 Å².